The Balaban J connectivity index is 1.57. The van der Waals surface area contributed by atoms with Gasteiger partial charge in [0.1, 0.15) is 12.2 Å². The minimum Gasteiger partial charge on any atom is -0.325 e. The van der Waals surface area contributed by atoms with Crippen molar-refractivity contribution < 1.29 is 9.59 Å². The third-order valence-corrected chi connectivity index (χ3v) is 6.00. The third-order valence-electron chi connectivity index (χ3n) is 6.00. The van der Waals surface area contributed by atoms with Crippen molar-refractivity contribution in [2.24, 2.45) is 0 Å². The standard InChI is InChI=1S/C29H24N4O3/c1-2-26(34)30-23-14-6-5-13-21(23)28-29(36)33(25-17-8-7-15-24(25)32-28)18-27(35)31-22-16-9-11-19-10-3-4-12-20(19)22/h3-17H,2,18H2,1H3,(H,30,34)(H,31,35). The van der Waals surface area contributed by atoms with E-state index >= 15 is 0 Å². The SMILES string of the molecule is CCC(=O)Nc1ccccc1-c1nc2ccccc2n(CC(=O)Nc2cccc3ccccc23)c1=O. The maximum atomic E-state index is 13.7. The number of carbonyl (C=O) groups excluding carboxylic acids is 2. The summed E-state index contributed by atoms with van der Waals surface area (Å²) < 4.78 is 1.43. The number of rotatable bonds is 6. The molecule has 2 amide bonds. The van der Waals surface area contributed by atoms with Gasteiger partial charge in [0, 0.05) is 23.1 Å². The molecule has 0 aliphatic carbocycles. The number of para-hydroxylation sites is 3. The van der Waals surface area contributed by atoms with Gasteiger partial charge in [0.25, 0.3) is 5.56 Å². The predicted molar refractivity (Wildman–Crippen MR) is 143 cm³/mol. The highest BCUT2D eigenvalue weighted by atomic mass is 16.2. The van der Waals surface area contributed by atoms with Gasteiger partial charge in [-0.25, -0.2) is 4.98 Å². The molecule has 7 heteroatoms. The minimum atomic E-state index is -0.417. The Labute approximate surface area is 207 Å². The summed E-state index contributed by atoms with van der Waals surface area (Å²) in [4.78, 5) is 43.6. The maximum Gasteiger partial charge on any atom is 0.278 e. The lowest BCUT2D eigenvalue weighted by Crippen LogP contribution is -2.30. The van der Waals surface area contributed by atoms with E-state index in [1.165, 1.54) is 4.57 Å². The van der Waals surface area contributed by atoms with E-state index < -0.39 is 5.56 Å². The first-order chi connectivity index (χ1) is 17.5. The van der Waals surface area contributed by atoms with Gasteiger partial charge in [0.05, 0.1) is 16.7 Å². The lowest BCUT2D eigenvalue weighted by molar-refractivity contribution is -0.117. The lowest BCUT2D eigenvalue weighted by atomic mass is 10.1. The smallest absolute Gasteiger partial charge is 0.278 e. The molecule has 7 nitrogen and oxygen atoms in total. The van der Waals surface area contributed by atoms with Crippen molar-refractivity contribution in [3.05, 3.63) is 101 Å². The average Bonchev–Trinajstić information content (AvgIpc) is 2.90. The summed E-state index contributed by atoms with van der Waals surface area (Å²) in [7, 11) is 0. The van der Waals surface area contributed by atoms with Crippen LogP contribution in [0.15, 0.2) is 95.8 Å². The second-order valence-corrected chi connectivity index (χ2v) is 8.36. The first kappa shape index (κ1) is 23.0. The van der Waals surface area contributed by atoms with Crippen molar-refractivity contribution in [2.45, 2.75) is 19.9 Å². The second-order valence-electron chi connectivity index (χ2n) is 8.36. The molecule has 0 saturated carbocycles. The molecule has 5 aromatic rings. The van der Waals surface area contributed by atoms with E-state index in [0.29, 0.717) is 34.4 Å². The van der Waals surface area contributed by atoms with E-state index in [2.05, 4.69) is 15.6 Å². The molecule has 0 spiro atoms. The van der Waals surface area contributed by atoms with Gasteiger partial charge in [-0.2, -0.15) is 0 Å². The molecule has 0 saturated heterocycles. The summed E-state index contributed by atoms with van der Waals surface area (Å²) in [6, 6.07) is 27.7. The van der Waals surface area contributed by atoms with Crippen LogP contribution >= 0.6 is 0 Å². The topological polar surface area (TPSA) is 93.1 Å². The number of nitrogens with one attached hydrogen (secondary N) is 2. The molecular formula is C29H24N4O3. The van der Waals surface area contributed by atoms with E-state index in [4.69, 9.17) is 0 Å². The minimum absolute atomic E-state index is 0.165. The lowest BCUT2D eigenvalue weighted by Gasteiger charge is -2.15. The van der Waals surface area contributed by atoms with Crippen LogP contribution in [0.5, 0.6) is 0 Å². The molecule has 0 aliphatic rings. The zero-order valence-corrected chi connectivity index (χ0v) is 19.7. The number of aromatic nitrogens is 2. The van der Waals surface area contributed by atoms with E-state index in [0.717, 1.165) is 10.8 Å². The molecule has 0 atom stereocenters. The molecule has 5 rings (SSSR count). The maximum absolute atomic E-state index is 13.7. The summed E-state index contributed by atoms with van der Waals surface area (Å²) in [5.41, 5.74) is 2.54. The molecule has 1 aromatic heterocycles. The molecule has 0 unspecified atom stereocenters. The fourth-order valence-corrected chi connectivity index (χ4v) is 4.23. The Kier molecular flexibility index (Phi) is 6.28. The van der Waals surface area contributed by atoms with Crippen LogP contribution in [0.1, 0.15) is 13.3 Å². The zero-order chi connectivity index (χ0) is 25.1. The van der Waals surface area contributed by atoms with Crippen LogP contribution < -0.4 is 16.2 Å². The van der Waals surface area contributed by atoms with Crippen LogP contribution in [0, 0.1) is 0 Å². The number of anilines is 2. The number of amides is 2. The zero-order valence-electron chi connectivity index (χ0n) is 19.7. The summed E-state index contributed by atoms with van der Waals surface area (Å²) in [6.45, 7) is 1.56. The Morgan fingerprint density at radius 1 is 0.778 bits per heavy atom. The van der Waals surface area contributed by atoms with Crippen molar-refractivity contribution in [2.75, 3.05) is 10.6 Å². The Bertz CT molecular complexity index is 1670. The number of nitrogens with zero attached hydrogens (tertiary/aromatic N) is 2. The highest BCUT2D eigenvalue weighted by Gasteiger charge is 2.18. The quantitative estimate of drug-likeness (QED) is 0.352. The predicted octanol–water partition coefficient (Wildman–Crippen LogP) is 5.20. The number of hydrogen-bond acceptors (Lipinski definition) is 4. The first-order valence-electron chi connectivity index (χ1n) is 11.7. The number of fused-ring (bicyclic) bond motifs is 2. The van der Waals surface area contributed by atoms with Crippen molar-refractivity contribution in [3.63, 3.8) is 0 Å². The number of benzene rings is 4. The van der Waals surface area contributed by atoms with Crippen molar-refractivity contribution in [1.29, 1.82) is 0 Å². The van der Waals surface area contributed by atoms with Gasteiger partial charge in [-0.15, -0.1) is 0 Å². The van der Waals surface area contributed by atoms with Crippen LogP contribution in [0.4, 0.5) is 11.4 Å². The number of carbonyl (C=O) groups is 2. The van der Waals surface area contributed by atoms with Gasteiger partial charge in [0.2, 0.25) is 11.8 Å². The highest BCUT2D eigenvalue weighted by Crippen LogP contribution is 2.26. The van der Waals surface area contributed by atoms with Gasteiger partial charge >= 0.3 is 0 Å². The van der Waals surface area contributed by atoms with Crippen molar-refractivity contribution >= 4 is 45.0 Å². The normalized spacial score (nSPS) is 10.9. The molecule has 0 aliphatic heterocycles. The van der Waals surface area contributed by atoms with E-state index in [9.17, 15) is 14.4 Å². The highest BCUT2D eigenvalue weighted by molar-refractivity contribution is 6.02. The van der Waals surface area contributed by atoms with Crippen LogP contribution in [0.2, 0.25) is 0 Å². The van der Waals surface area contributed by atoms with Gasteiger partial charge < -0.3 is 10.6 Å². The van der Waals surface area contributed by atoms with E-state index in [1.807, 2.05) is 48.5 Å². The van der Waals surface area contributed by atoms with Crippen molar-refractivity contribution in [3.8, 4) is 11.3 Å². The number of hydrogen-bond donors (Lipinski definition) is 2. The molecule has 1 heterocycles. The summed E-state index contributed by atoms with van der Waals surface area (Å²) >= 11 is 0. The summed E-state index contributed by atoms with van der Waals surface area (Å²) in [5, 5.41) is 7.72. The van der Waals surface area contributed by atoms with Gasteiger partial charge in [-0.3, -0.25) is 19.0 Å². The van der Waals surface area contributed by atoms with Gasteiger partial charge in [0.15, 0.2) is 0 Å². The van der Waals surface area contributed by atoms with E-state index in [1.54, 1.807) is 49.4 Å². The Morgan fingerprint density at radius 2 is 1.44 bits per heavy atom. The molecule has 0 fully saturated rings. The van der Waals surface area contributed by atoms with Gasteiger partial charge in [-0.05, 0) is 29.7 Å². The largest absolute Gasteiger partial charge is 0.325 e. The molecular weight excluding hydrogens is 452 g/mol. The van der Waals surface area contributed by atoms with Crippen LogP contribution in [-0.4, -0.2) is 21.4 Å². The van der Waals surface area contributed by atoms with Crippen molar-refractivity contribution in [1.82, 2.24) is 9.55 Å². The molecule has 4 aromatic carbocycles. The summed E-state index contributed by atoms with van der Waals surface area (Å²) in [5.74, 6) is -0.499. The van der Waals surface area contributed by atoms with E-state index in [-0.39, 0.29) is 24.1 Å². The first-order valence-corrected chi connectivity index (χ1v) is 11.7. The van der Waals surface area contributed by atoms with Gasteiger partial charge in [-0.1, -0.05) is 73.7 Å². The Hall–Kier alpha value is -4.78. The molecule has 36 heavy (non-hydrogen) atoms. The molecule has 2 N–H and O–H groups in total. The molecule has 0 radical (unpaired) electrons. The molecule has 0 bridgehead atoms. The molecule has 178 valence electrons. The van der Waals surface area contributed by atoms with Crippen LogP contribution in [0.3, 0.4) is 0 Å². The fourth-order valence-electron chi connectivity index (χ4n) is 4.23. The third kappa shape index (κ3) is 4.46. The second kappa shape index (κ2) is 9.84. The average molecular weight is 477 g/mol. The van der Waals surface area contributed by atoms with Crippen LogP contribution in [-0.2, 0) is 16.1 Å². The fraction of sp³-hybridized carbons (Fsp3) is 0.103. The Morgan fingerprint density at radius 3 is 2.31 bits per heavy atom. The summed E-state index contributed by atoms with van der Waals surface area (Å²) in [6.07, 6.45) is 0.304. The van der Waals surface area contributed by atoms with Crippen LogP contribution in [0.25, 0.3) is 33.1 Å². The monoisotopic (exact) mass is 476 g/mol.